The van der Waals surface area contributed by atoms with Gasteiger partial charge in [-0.3, -0.25) is 9.59 Å². The Labute approximate surface area is 242 Å². The van der Waals surface area contributed by atoms with Crippen LogP contribution in [0.2, 0.25) is 0 Å². The highest BCUT2D eigenvalue weighted by Gasteiger charge is 2.16. The molecule has 0 aliphatic heterocycles. The Morgan fingerprint density at radius 1 is 0.487 bits per heavy atom. The Morgan fingerprint density at radius 2 is 0.795 bits per heavy atom. The zero-order chi connectivity index (χ0) is 28.7. The molecule has 0 aliphatic carbocycles. The van der Waals surface area contributed by atoms with Crippen LogP contribution in [0.3, 0.4) is 0 Å². The van der Waals surface area contributed by atoms with Crippen LogP contribution in [-0.4, -0.2) is 36.4 Å². The Kier molecular flexibility index (Phi) is 30.5. The summed E-state index contributed by atoms with van der Waals surface area (Å²) in [5.74, 6) is -0.584. The fraction of sp³-hybridized carbons (Fsp3) is 0.941. The monoisotopic (exact) mass is 554 g/mol. The summed E-state index contributed by atoms with van der Waals surface area (Å²) in [6, 6.07) is 0. The lowest BCUT2D eigenvalue weighted by Gasteiger charge is -2.15. The van der Waals surface area contributed by atoms with Gasteiger partial charge >= 0.3 is 11.9 Å². The smallest absolute Gasteiger partial charge is 0.306 e. The number of hydrogen-bond donors (Lipinski definition) is 1. The SMILES string of the molecule is CCCCCCCCCCCCCCCCCCC(=O)O[C@@H](CO)COC(=O)CCCCCCCCCCC. The van der Waals surface area contributed by atoms with Crippen LogP contribution in [0.25, 0.3) is 0 Å². The Bertz CT molecular complexity index is 522. The summed E-state index contributed by atoms with van der Waals surface area (Å²) in [5.41, 5.74) is 0. The van der Waals surface area contributed by atoms with Gasteiger partial charge < -0.3 is 14.6 Å². The van der Waals surface area contributed by atoms with E-state index in [1.807, 2.05) is 0 Å². The van der Waals surface area contributed by atoms with Crippen molar-refractivity contribution < 1.29 is 24.2 Å². The van der Waals surface area contributed by atoms with Crippen LogP contribution >= 0.6 is 0 Å². The maximum absolute atomic E-state index is 12.1. The van der Waals surface area contributed by atoms with Crippen molar-refractivity contribution in [1.29, 1.82) is 0 Å². The van der Waals surface area contributed by atoms with Crippen molar-refractivity contribution >= 4 is 11.9 Å². The van der Waals surface area contributed by atoms with Crippen LogP contribution < -0.4 is 0 Å². The average Bonchev–Trinajstić information content (AvgIpc) is 2.94. The molecule has 39 heavy (non-hydrogen) atoms. The minimum atomic E-state index is -0.759. The molecule has 0 radical (unpaired) electrons. The number of ether oxygens (including phenoxy) is 2. The van der Waals surface area contributed by atoms with Crippen molar-refractivity contribution in [2.75, 3.05) is 13.2 Å². The molecule has 0 fully saturated rings. The van der Waals surface area contributed by atoms with Crippen LogP contribution in [0.5, 0.6) is 0 Å². The first-order valence-electron chi connectivity index (χ1n) is 17.1. The van der Waals surface area contributed by atoms with Gasteiger partial charge in [-0.2, -0.15) is 0 Å². The van der Waals surface area contributed by atoms with Crippen LogP contribution in [0, 0.1) is 0 Å². The van der Waals surface area contributed by atoms with E-state index in [9.17, 15) is 14.7 Å². The third-order valence-corrected chi connectivity index (χ3v) is 7.65. The van der Waals surface area contributed by atoms with Gasteiger partial charge in [0.2, 0.25) is 0 Å². The molecule has 0 saturated heterocycles. The lowest BCUT2D eigenvalue weighted by molar-refractivity contribution is -0.161. The highest BCUT2D eigenvalue weighted by Crippen LogP contribution is 2.15. The molecule has 5 heteroatoms. The molecule has 1 atom stereocenters. The predicted octanol–water partition coefficient (Wildman–Crippen LogP) is 10.0. The van der Waals surface area contributed by atoms with Crippen LogP contribution in [0.15, 0.2) is 0 Å². The average molecular weight is 555 g/mol. The third kappa shape index (κ3) is 29.7. The van der Waals surface area contributed by atoms with Crippen LogP contribution in [-0.2, 0) is 19.1 Å². The van der Waals surface area contributed by atoms with Crippen molar-refractivity contribution in [2.45, 2.75) is 193 Å². The van der Waals surface area contributed by atoms with E-state index in [4.69, 9.17) is 9.47 Å². The van der Waals surface area contributed by atoms with Gasteiger partial charge in [0.1, 0.15) is 6.61 Å². The van der Waals surface area contributed by atoms with Crippen molar-refractivity contribution in [2.24, 2.45) is 0 Å². The Morgan fingerprint density at radius 3 is 1.13 bits per heavy atom. The first kappa shape index (κ1) is 37.9. The molecule has 0 unspecified atom stereocenters. The van der Waals surface area contributed by atoms with Crippen LogP contribution in [0.4, 0.5) is 0 Å². The molecule has 232 valence electrons. The van der Waals surface area contributed by atoms with Gasteiger partial charge in [-0.15, -0.1) is 0 Å². The van der Waals surface area contributed by atoms with Gasteiger partial charge in [-0.05, 0) is 12.8 Å². The Balaban J connectivity index is 3.51. The zero-order valence-electron chi connectivity index (χ0n) is 26.2. The van der Waals surface area contributed by atoms with Gasteiger partial charge in [0.25, 0.3) is 0 Å². The minimum absolute atomic E-state index is 0.0581. The molecular formula is C34H66O5. The van der Waals surface area contributed by atoms with Gasteiger partial charge in [0, 0.05) is 12.8 Å². The molecule has 0 bridgehead atoms. The molecule has 0 rings (SSSR count). The van der Waals surface area contributed by atoms with E-state index in [0.717, 1.165) is 38.5 Å². The summed E-state index contributed by atoms with van der Waals surface area (Å²) in [4.78, 5) is 24.0. The van der Waals surface area contributed by atoms with Gasteiger partial charge in [0.15, 0.2) is 6.10 Å². The number of unbranched alkanes of at least 4 members (excludes halogenated alkanes) is 23. The van der Waals surface area contributed by atoms with E-state index in [1.165, 1.54) is 122 Å². The van der Waals surface area contributed by atoms with E-state index in [2.05, 4.69) is 13.8 Å². The number of esters is 2. The van der Waals surface area contributed by atoms with Crippen LogP contribution in [0.1, 0.15) is 187 Å². The second-order valence-corrected chi connectivity index (χ2v) is 11.6. The zero-order valence-corrected chi connectivity index (χ0v) is 26.2. The summed E-state index contributed by atoms with van der Waals surface area (Å²) in [6.45, 7) is 4.12. The molecule has 0 heterocycles. The second kappa shape index (κ2) is 31.4. The summed E-state index contributed by atoms with van der Waals surface area (Å²) in [7, 11) is 0. The molecular weight excluding hydrogens is 488 g/mol. The number of aliphatic hydroxyl groups excluding tert-OH is 1. The molecule has 0 aromatic rings. The first-order chi connectivity index (χ1) is 19.1. The lowest BCUT2D eigenvalue weighted by Crippen LogP contribution is -2.28. The number of carbonyl (C=O) groups excluding carboxylic acids is 2. The number of carbonyl (C=O) groups is 2. The quantitative estimate of drug-likeness (QED) is 0.0681. The van der Waals surface area contributed by atoms with E-state index in [1.54, 1.807) is 0 Å². The maximum atomic E-state index is 12.1. The summed E-state index contributed by atoms with van der Waals surface area (Å²) in [6.07, 6.45) is 31.6. The summed E-state index contributed by atoms with van der Waals surface area (Å²) < 4.78 is 10.5. The predicted molar refractivity (Wildman–Crippen MR) is 164 cm³/mol. The molecule has 5 nitrogen and oxygen atoms in total. The maximum Gasteiger partial charge on any atom is 0.306 e. The van der Waals surface area contributed by atoms with Gasteiger partial charge in [0.05, 0.1) is 6.61 Å². The molecule has 1 N–H and O–H groups in total. The third-order valence-electron chi connectivity index (χ3n) is 7.65. The highest BCUT2D eigenvalue weighted by molar-refractivity contribution is 5.70. The van der Waals surface area contributed by atoms with Gasteiger partial charge in [-0.25, -0.2) is 0 Å². The fourth-order valence-electron chi connectivity index (χ4n) is 5.02. The molecule has 0 aliphatic rings. The van der Waals surface area contributed by atoms with E-state index in [-0.39, 0.29) is 25.2 Å². The van der Waals surface area contributed by atoms with E-state index >= 15 is 0 Å². The topological polar surface area (TPSA) is 72.8 Å². The lowest BCUT2D eigenvalue weighted by atomic mass is 10.0. The largest absolute Gasteiger partial charge is 0.462 e. The first-order valence-corrected chi connectivity index (χ1v) is 17.1. The normalized spacial score (nSPS) is 12.0. The van der Waals surface area contributed by atoms with E-state index < -0.39 is 6.10 Å². The highest BCUT2D eigenvalue weighted by atomic mass is 16.6. The fourth-order valence-corrected chi connectivity index (χ4v) is 5.02. The molecule has 0 saturated carbocycles. The molecule has 0 aromatic heterocycles. The standard InChI is InChI=1S/C34H66O5/c1-3-5-7-9-11-13-14-15-16-17-18-19-21-23-25-27-29-34(37)39-32(30-35)31-38-33(36)28-26-24-22-20-12-10-8-6-4-2/h32,35H,3-31H2,1-2H3/t32-/m0/s1. The molecule has 0 spiro atoms. The van der Waals surface area contributed by atoms with Crippen molar-refractivity contribution in [3.05, 3.63) is 0 Å². The second-order valence-electron chi connectivity index (χ2n) is 11.6. The van der Waals surface area contributed by atoms with E-state index in [0.29, 0.717) is 12.8 Å². The number of rotatable bonds is 31. The summed E-state index contributed by atoms with van der Waals surface area (Å²) in [5, 5.41) is 9.48. The molecule has 0 aromatic carbocycles. The molecule has 0 amide bonds. The minimum Gasteiger partial charge on any atom is -0.462 e. The number of hydrogen-bond acceptors (Lipinski definition) is 5. The number of aliphatic hydroxyl groups is 1. The van der Waals surface area contributed by atoms with Crippen molar-refractivity contribution in [3.8, 4) is 0 Å². The Hall–Kier alpha value is -1.10. The summed E-state index contributed by atoms with van der Waals surface area (Å²) >= 11 is 0. The van der Waals surface area contributed by atoms with Crippen molar-refractivity contribution in [1.82, 2.24) is 0 Å². The van der Waals surface area contributed by atoms with Gasteiger partial charge in [-0.1, -0.05) is 162 Å². The van der Waals surface area contributed by atoms with Crippen molar-refractivity contribution in [3.63, 3.8) is 0 Å².